The van der Waals surface area contributed by atoms with Crippen molar-refractivity contribution < 1.29 is 4.43 Å². The van der Waals surface area contributed by atoms with Gasteiger partial charge in [-0.2, -0.15) is 0 Å². The summed E-state index contributed by atoms with van der Waals surface area (Å²) in [5.74, 6) is 0. The van der Waals surface area contributed by atoms with Gasteiger partial charge in [0.05, 0.1) is 0 Å². The summed E-state index contributed by atoms with van der Waals surface area (Å²) in [5, 5.41) is 2.71. The van der Waals surface area contributed by atoms with Gasteiger partial charge in [-0.3, -0.25) is 0 Å². The van der Waals surface area contributed by atoms with Crippen molar-refractivity contribution in [3.63, 3.8) is 0 Å². The average Bonchev–Trinajstić information content (AvgIpc) is 2.55. The SMILES string of the molecule is c1ccc([Si](OC2CCCCC2)c2ccccc2)cc1. The molecule has 103 valence electrons. The lowest BCUT2D eigenvalue weighted by Crippen LogP contribution is -2.47. The highest BCUT2D eigenvalue weighted by molar-refractivity contribution is 6.80. The van der Waals surface area contributed by atoms with Gasteiger partial charge in [0.15, 0.2) is 0 Å². The van der Waals surface area contributed by atoms with Gasteiger partial charge in [-0.25, -0.2) is 0 Å². The van der Waals surface area contributed by atoms with Gasteiger partial charge in [0, 0.05) is 6.10 Å². The highest BCUT2D eigenvalue weighted by Crippen LogP contribution is 2.20. The van der Waals surface area contributed by atoms with E-state index in [-0.39, 0.29) is 0 Å². The molecule has 0 aromatic heterocycles. The minimum atomic E-state index is -1.10. The van der Waals surface area contributed by atoms with E-state index < -0.39 is 9.04 Å². The lowest BCUT2D eigenvalue weighted by molar-refractivity contribution is 0.160. The Bertz CT molecular complexity index is 466. The van der Waals surface area contributed by atoms with Crippen LogP contribution in [0.4, 0.5) is 0 Å². The Morgan fingerprint density at radius 3 is 1.70 bits per heavy atom. The van der Waals surface area contributed by atoms with Gasteiger partial charge in [-0.15, -0.1) is 0 Å². The Morgan fingerprint density at radius 1 is 0.700 bits per heavy atom. The number of hydrogen-bond donors (Lipinski definition) is 0. The monoisotopic (exact) mass is 281 g/mol. The Balaban J connectivity index is 1.83. The third kappa shape index (κ3) is 3.38. The van der Waals surface area contributed by atoms with E-state index in [9.17, 15) is 0 Å². The minimum absolute atomic E-state index is 0.457. The number of benzene rings is 2. The van der Waals surface area contributed by atoms with Crippen LogP contribution in [0.15, 0.2) is 60.7 Å². The van der Waals surface area contributed by atoms with E-state index in [1.54, 1.807) is 0 Å². The molecular weight excluding hydrogens is 260 g/mol. The van der Waals surface area contributed by atoms with Gasteiger partial charge in [0.25, 0.3) is 9.04 Å². The zero-order valence-corrected chi connectivity index (χ0v) is 12.8. The summed E-state index contributed by atoms with van der Waals surface area (Å²) in [6.07, 6.45) is 6.94. The maximum absolute atomic E-state index is 6.57. The van der Waals surface area contributed by atoms with Crippen LogP contribution in [0.2, 0.25) is 0 Å². The van der Waals surface area contributed by atoms with Crippen molar-refractivity contribution in [2.45, 2.75) is 38.2 Å². The largest absolute Gasteiger partial charge is 0.404 e. The Morgan fingerprint density at radius 2 is 1.20 bits per heavy atom. The van der Waals surface area contributed by atoms with E-state index >= 15 is 0 Å². The van der Waals surface area contributed by atoms with E-state index in [0.29, 0.717) is 6.10 Å². The predicted octanol–water partition coefficient (Wildman–Crippen LogP) is 3.14. The molecule has 2 heteroatoms. The molecule has 3 rings (SSSR count). The second-order valence-electron chi connectivity index (χ2n) is 5.44. The molecule has 0 N–H and O–H groups in total. The molecule has 1 nitrogen and oxygen atoms in total. The first-order valence-corrected chi connectivity index (χ1v) is 8.99. The fourth-order valence-corrected chi connectivity index (χ4v) is 5.00. The second kappa shape index (κ2) is 6.87. The maximum atomic E-state index is 6.57. The van der Waals surface area contributed by atoms with Crippen molar-refractivity contribution in [2.75, 3.05) is 0 Å². The molecule has 0 heterocycles. The van der Waals surface area contributed by atoms with Crippen molar-refractivity contribution in [3.8, 4) is 0 Å². The molecule has 2 aromatic rings. The van der Waals surface area contributed by atoms with Crippen molar-refractivity contribution in [3.05, 3.63) is 60.7 Å². The standard InChI is InChI=1S/C18H21OSi/c1-4-10-16(11-5-1)19-20(17-12-6-2-7-13-17)18-14-8-3-9-15-18/h2-3,6-9,12-16H,1,4-5,10-11H2. The fourth-order valence-electron chi connectivity index (χ4n) is 2.83. The third-order valence-corrected chi connectivity index (χ3v) is 6.19. The lowest BCUT2D eigenvalue weighted by Gasteiger charge is -2.27. The van der Waals surface area contributed by atoms with Crippen molar-refractivity contribution in [1.29, 1.82) is 0 Å². The van der Waals surface area contributed by atoms with E-state index in [1.165, 1.54) is 42.5 Å². The smallest absolute Gasteiger partial charge is 0.283 e. The molecule has 0 spiro atoms. The molecule has 1 saturated carbocycles. The highest BCUT2D eigenvalue weighted by Gasteiger charge is 2.24. The average molecular weight is 281 g/mol. The minimum Gasteiger partial charge on any atom is -0.404 e. The van der Waals surface area contributed by atoms with Crippen molar-refractivity contribution >= 4 is 19.4 Å². The van der Waals surface area contributed by atoms with Gasteiger partial charge in [0.1, 0.15) is 0 Å². The Hall–Kier alpha value is -1.38. The summed E-state index contributed by atoms with van der Waals surface area (Å²) in [6.45, 7) is 0. The first-order valence-electron chi connectivity index (χ1n) is 7.58. The Kier molecular flexibility index (Phi) is 4.67. The van der Waals surface area contributed by atoms with Gasteiger partial charge < -0.3 is 4.43 Å². The van der Waals surface area contributed by atoms with Crippen LogP contribution in [0.3, 0.4) is 0 Å². The molecule has 0 atom stereocenters. The molecule has 2 aromatic carbocycles. The first-order chi connectivity index (χ1) is 9.93. The van der Waals surface area contributed by atoms with E-state index in [4.69, 9.17) is 4.43 Å². The molecule has 0 bridgehead atoms. The molecule has 0 aliphatic heterocycles. The van der Waals surface area contributed by atoms with E-state index in [2.05, 4.69) is 60.7 Å². The summed E-state index contributed by atoms with van der Waals surface area (Å²) >= 11 is 0. The van der Waals surface area contributed by atoms with Gasteiger partial charge >= 0.3 is 0 Å². The van der Waals surface area contributed by atoms with Crippen molar-refractivity contribution in [1.82, 2.24) is 0 Å². The topological polar surface area (TPSA) is 9.23 Å². The quantitative estimate of drug-likeness (QED) is 0.782. The second-order valence-corrected chi connectivity index (χ2v) is 7.49. The molecule has 1 aliphatic carbocycles. The third-order valence-electron chi connectivity index (χ3n) is 3.91. The molecule has 20 heavy (non-hydrogen) atoms. The van der Waals surface area contributed by atoms with Crippen LogP contribution in [0, 0.1) is 0 Å². The van der Waals surface area contributed by atoms with Crippen LogP contribution in [0.1, 0.15) is 32.1 Å². The summed E-state index contributed by atoms with van der Waals surface area (Å²) in [5.41, 5.74) is 0. The molecule has 1 radical (unpaired) electrons. The van der Waals surface area contributed by atoms with Crippen LogP contribution in [-0.4, -0.2) is 15.1 Å². The van der Waals surface area contributed by atoms with Crippen LogP contribution < -0.4 is 10.4 Å². The van der Waals surface area contributed by atoms with Crippen LogP contribution in [0.25, 0.3) is 0 Å². The normalized spacial score (nSPS) is 16.4. The molecule has 0 amide bonds. The Labute approximate surface area is 123 Å². The van der Waals surface area contributed by atoms with E-state index in [0.717, 1.165) is 0 Å². The molecule has 1 fully saturated rings. The van der Waals surface area contributed by atoms with Crippen LogP contribution in [0.5, 0.6) is 0 Å². The first kappa shape index (κ1) is 13.6. The molecule has 0 saturated heterocycles. The molecule has 1 aliphatic rings. The maximum Gasteiger partial charge on any atom is 0.283 e. The lowest BCUT2D eigenvalue weighted by atomic mass is 9.98. The van der Waals surface area contributed by atoms with Gasteiger partial charge in [-0.05, 0) is 23.2 Å². The number of hydrogen-bond acceptors (Lipinski definition) is 1. The van der Waals surface area contributed by atoms with Crippen molar-refractivity contribution in [2.24, 2.45) is 0 Å². The fraction of sp³-hybridized carbons (Fsp3) is 0.333. The van der Waals surface area contributed by atoms with Crippen LogP contribution in [-0.2, 0) is 4.43 Å². The van der Waals surface area contributed by atoms with Gasteiger partial charge in [-0.1, -0.05) is 79.9 Å². The molecule has 0 unspecified atom stereocenters. The van der Waals surface area contributed by atoms with Crippen LogP contribution >= 0.6 is 0 Å². The number of rotatable bonds is 4. The zero-order valence-electron chi connectivity index (χ0n) is 11.8. The van der Waals surface area contributed by atoms with Gasteiger partial charge in [0.2, 0.25) is 0 Å². The summed E-state index contributed by atoms with van der Waals surface area (Å²) in [6, 6.07) is 21.5. The predicted molar refractivity (Wildman–Crippen MR) is 85.9 cm³/mol. The van der Waals surface area contributed by atoms with E-state index in [1.807, 2.05) is 0 Å². The molecular formula is C18H21OSi. The summed E-state index contributed by atoms with van der Waals surface area (Å²) < 4.78 is 6.57. The highest BCUT2D eigenvalue weighted by atomic mass is 28.3. The zero-order chi connectivity index (χ0) is 13.6. The summed E-state index contributed by atoms with van der Waals surface area (Å²) in [7, 11) is -1.10. The summed E-state index contributed by atoms with van der Waals surface area (Å²) in [4.78, 5) is 0.